The maximum absolute atomic E-state index is 13.5. The zero-order valence-corrected chi connectivity index (χ0v) is 17.9. The van der Waals surface area contributed by atoms with Gasteiger partial charge in [0, 0.05) is 50.2 Å². The van der Waals surface area contributed by atoms with Gasteiger partial charge in [-0.25, -0.2) is 4.98 Å². The van der Waals surface area contributed by atoms with E-state index in [1.54, 1.807) is 17.0 Å². The van der Waals surface area contributed by atoms with E-state index in [1.165, 1.54) is 12.1 Å². The molecular formula is C25H26N4O3. The topological polar surface area (TPSA) is 77.0 Å². The van der Waals surface area contributed by atoms with Crippen molar-refractivity contribution in [2.45, 2.75) is 12.8 Å². The minimum absolute atomic E-state index is 0.0260. The number of rotatable bonds is 3. The number of nitrogens with zero attached hydrogens (tertiary/aromatic N) is 4. The van der Waals surface area contributed by atoms with Crippen LogP contribution in [-0.4, -0.2) is 71.0 Å². The van der Waals surface area contributed by atoms with Crippen molar-refractivity contribution in [1.82, 2.24) is 14.8 Å². The van der Waals surface area contributed by atoms with Gasteiger partial charge >= 0.3 is 0 Å². The van der Waals surface area contributed by atoms with Gasteiger partial charge in [-0.3, -0.25) is 9.59 Å². The Balaban J connectivity index is 1.35. The lowest BCUT2D eigenvalue weighted by atomic mass is 10.1. The Labute approximate surface area is 186 Å². The molecule has 2 fully saturated rings. The van der Waals surface area contributed by atoms with Crippen molar-refractivity contribution in [3.8, 4) is 5.75 Å². The Morgan fingerprint density at radius 2 is 1.41 bits per heavy atom. The summed E-state index contributed by atoms with van der Waals surface area (Å²) in [6, 6.07) is 16.1. The second-order valence-corrected chi connectivity index (χ2v) is 8.38. The molecule has 32 heavy (non-hydrogen) atoms. The maximum Gasteiger partial charge on any atom is 0.257 e. The van der Waals surface area contributed by atoms with Crippen LogP contribution in [0.15, 0.2) is 54.6 Å². The fourth-order valence-electron chi connectivity index (χ4n) is 4.50. The van der Waals surface area contributed by atoms with E-state index in [1.807, 2.05) is 35.2 Å². The Bertz CT molecular complexity index is 1150. The van der Waals surface area contributed by atoms with Gasteiger partial charge in [0.15, 0.2) is 0 Å². The zero-order chi connectivity index (χ0) is 22.1. The minimum Gasteiger partial charge on any atom is -0.508 e. The van der Waals surface area contributed by atoms with Crippen LogP contribution in [-0.2, 0) is 0 Å². The van der Waals surface area contributed by atoms with Gasteiger partial charge in [-0.1, -0.05) is 18.2 Å². The van der Waals surface area contributed by atoms with Gasteiger partial charge in [0.2, 0.25) is 0 Å². The number of fused-ring (bicyclic) bond motifs is 1. The van der Waals surface area contributed by atoms with Gasteiger partial charge in [0.1, 0.15) is 11.6 Å². The van der Waals surface area contributed by atoms with Gasteiger partial charge < -0.3 is 19.8 Å². The van der Waals surface area contributed by atoms with E-state index in [0.29, 0.717) is 37.3 Å². The van der Waals surface area contributed by atoms with E-state index < -0.39 is 0 Å². The van der Waals surface area contributed by atoms with E-state index in [-0.39, 0.29) is 17.6 Å². The molecule has 0 bridgehead atoms. The van der Waals surface area contributed by atoms with Crippen molar-refractivity contribution in [3.05, 3.63) is 65.7 Å². The normalized spacial score (nSPS) is 16.6. The summed E-state index contributed by atoms with van der Waals surface area (Å²) < 4.78 is 0. The Hall–Kier alpha value is -3.61. The maximum atomic E-state index is 13.5. The molecule has 0 spiro atoms. The Morgan fingerprint density at radius 3 is 2.09 bits per heavy atom. The summed E-state index contributed by atoms with van der Waals surface area (Å²) >= 11 is 0. The first kappa shape index (κ1) is 20.3. The van der Waals surface area contributed by atoms with E-state index >= 15 is 0 Å². The van der Waals surface area contributed by atoms with Crippen LogP contribution >= 0.6 is 0 Å². The first-order chi connectivity index (χ1) is 15.6. The SMILES string of the molecule is O=C(c1ccc(O)cc1)N1CCN(C(=O)c2cc3ccccc3nc2N2CCCC2)CC1. The summed E-state index contributed by atoms with van der Waals surface area (Å²) in [5, 5.41) is 10.4. The van der Waals surface area contributed by atoms with Crippen LogP contribution in [0.3, 0.4) is 0 Å². The highest BCUT2D eigenvalue weighted by Gasteiger charge is 2.29. The van der Waals surface area contributed by atoms with Crippen molar-refractivity contribution in [1.29, 1.82) is 0 Å². The molecule has 5 rings (SSSR count). The number of piperazine rings is 1. The molecule has 164 valence electrons. The number of phenolic OH excluding ortho intramolecular Hbond substituents is 1. The molecule has 7 heteroatoms. The molecule has 0 unspecified atom stereocenters. The van der Waals surface area contributed by atoms with Crippen LogP contribution in [0.25, 0.3) is 10.9 Å². The molecule has 2 amide bonds. The number of hydrogen-bond acceptors (Lipinski definition) is 5. The molecule has 7 nitrogen and oxygen atoms in total. The molecule has 0 radical (unpaired) electrons. The van der Waals surface area contributed by atoms with Gasteiger partial charge in [0.25, 0.3) is 11.8 Å². The number of carbonyl (C=O) groups excluding carboxylic acids is 2. The summed E-state index contributed by atoms with van der Waals surface area (Å²) in [4.78, 5) is 36.9. The summed E-state index contributed by atoms with van der Waals surface area (Å²) in [6.07, 6.45) is 2.22. The number of anilines is 1. The summed E-state index contributed by atoms with van der Waals surface area (Å²) in [7, 11) is 0. The molecule has 2 aliphatic rings. The zero-order valence-electron chi connectivity index (χ0n) is 17.9. The largest absolute Gasteiger partial charge is 0.508 e. The highest BCUT2D eigenvalue weighted by Crippen LogP contribution is 2.28. The van der Waals surface area contributed by atoms with Crippen LogP contribution in [0.5, 0.6) is 5.75 Å². The fraction of sp³-hybridized carbons (Fsp3) is 0.320. The standard InChI is InChI=1S/C25H26N4O3/c30-20-9-7-18(8-10-20)24(31)28-13-15-29(16-14-28)25(32)21-17-19-5-1-2-6-22(19)26-23(21)27-11-3-4-12-27/h1-2,5-10,17,30H,3-4,11-16H2. The summed E-state index contributed by atoms with van der Waals surface area (Å²) in [5.41, 5.74) is 2.08. The van der Waals surface area contributed by atoms with Crippen LogP contribution in [0, 0.1) is 0 Å². The highest BCUT2D eigenvalue weighted by atomic mass is 16.3. The van der Waals surface area contributed by atoms with Gasteiger partial charge in [-0.15, -0.1) is 0 Å². The second-order valence-electron chi connectivity index (χ2n) is 8.38. The van der Waals surface area contributed by atoms with E-state index in [4.69, 9.17) is 4.98 Å². The molecule has 2 aromatic carbocycles. The molecule has 3 aromatic rings. The van der Waals surface area contributed by atoms with Crippen molar-refractivity contribution in [2.75, 3.05) is 44.2 Å². The first-order valence-electron chi connectivity index (χ1n) is 11.1. The number of amides is 2. The molecule has 3 heterocycles. The third-order valence-corrected chi connectivity index (χ3v) is 6.31. The number of aromatic hydroxyl groups is 1. The monoisotopic (exact) mass is 430 g/mol. The van der Waals surface area contributed by atoms with Crippen molar-refractivity contribution < 1.29 is 14.7 Å². The smallest absolute Gasteiger partial charge is 0.257 e. The molecule has 0 saturated carbocycles. The molecule has 0 aliphatic carbocycles. The fourth-order valence-corrected chi connectivity index (χ4v) is 4.50. The number of pyridine rings is 1. The molecular weight excluding hydrogens is 404 g/mol. The van der Waals surface area contributed by atoms with Crippen LogP contribution in [0.1, 0.15) is 33.6 Å². The quantitative estimate of drug-likeness (QED) is 0.691. The number of hydrogen-bond donors (Lipinski definition) is 1. The molecule has 1 N–H and O–H groups in total. The van der Waals surface area contributed by atoms with E-state index in [0.717, 1.165) is 42.7 Å². The van der Waals surface area contributed by atoms with Crippen LogP contribution in [0.2, 0.25) is 0 Å². The number of para-hydroxylation sites is 1. The molecule has 1 aromatic heterocycles. The summed E-state index contributed by atoms with van der Waals surface area (Å²) in [5.74, 6) is 0.799. The molecule has 2 aliphatic heterocycles. The number of carbonyl (C=O) groups is 2. The predicted octanol–water partition coefficient (Wildman–Crippen LogP) is 3.14. The average molecular weight is 431 g/mol. The number of phenols is 1. The van der Waals surface area contributed by atoms with Gasteiger partial charge in [0.05, 0.1) is 11.1 Å². The highest BCUT2D eigenvalue weighted by molar-refractivity contribution is 6.02. The lowest BCUT2D eigenvalue weighted by Gasteiger charge is -2.35. The van der Waals surface area contributed by atoms with Crippen molar-refractivity contribution in [3.63, 3.8) is 0 Å². The lowest BCUT2D eigenvalue weighted by molar-refractivity contribution is 0.0535. The number of benzene rings is 2. The van der Waals surface area contributed by atoms with E-state index in [9.17, 15) is 14.7 Å². The third-order valence-electron chi connectivity index (χ3n) is 6.31. The van der Waals surface area contributed by atoms with Crippen molar-refractivity contribution >= 4 is 28.5 Å². The first-order valence-corrected chi connectivity index (χ1v) is 11.1. The van der Waals surface area contributed by atoms with E-state index in [2.05, 4.69) is 4.90 Å². The Morgan fingerprint density at radius 1 is 0.781 bits per heavy atom. The van der Waals surface area contributed by atoms with Crippen LogP contribution < -0.4 is 4.90 Å². The lowest BCUT2D eigenvalue weighted by Crippen LogP contribution is -2.50. The van der Waals surface area contributed by atoms with Gasteiger partial charge in [-0.05, 0) is 49.2 Å². The third kappa shape index (κ3) is 3.86. The average Bonchev–Trinajstić information content (AvgIpc) is 3.38. The second kappa shape index (κ2) is 8.49. The number of aromatic nitrogens is 1. The molecule has 0 atom stereocenters. The Kier molecular flexibility index (Phi) is 5.39. The minimum atomic E-state index is -0.0813. The predicted molar refractivity (Wildman–Crippen MR) is 123 cm³/mol. The van der Waals surface area contributed by atoms with Gasteiger partial charge in [-0.2, -0.15) is 0 Å². The summed E-state index contributed by atoms with van der Waals surface area (Å²) in [6.45, 7) is 3.75. The van der Waals surface area contributed by atoms with Crippen LogP contribution in [0.4, 0.5) is 5.82 Å². The molecule has 2 saturated heterocycles. The van der Waals surface area contributed by atoms with Crippen molar-refractivity contribution in [2.24, 2.45) is 0 Å².